The highest BCUT2D eigenvalue weighted by Crippen LogP contribution is 2.29. The van der Waals surface area contributed by atoms with Crippen LogP contribution >= 0.6 is 15.9 Å². The van der Waals surface area contributed by atoms with Crippen LogP contribution in [-0.4, -0.2) is 0 Å². The lowest BCUT2D eigenvalue weighted by Crippen LogP contribution is -2.05. The van der Waals surface area contributed by atoms with Gasteiger partial charge in [0.15, 0.2) is 0 Å². The summed E-state index contributed by atoms with van der Waals surface area (Å²) in [5, 5.41) is 0. The molecule has 0 unspecified atom stereocenters. The quantitative estimate of drug-likeness (QED) is 0.658. The van der Waals surface area contributed by atoms with Crippen LogP contribution in [0.1, 0.15) is 16.7 Å². The first kappa shape index (κ1) is 14.8. The zero-order chi connectivity index (χ0) is 14.9. The van der Waals surface area contributed by atoms with Gasteiger partial charge in [0, 0.05) is 11.3 Å². The van der Waals surface area contributed by atoms with Gasteiger partial charge in [-0.2, -0.15) is 0 Å². The Morgan fingerprint density at radius 3 is 2.55 bits per heavy atom. The fourth-order valence-electron chi connectivity index (χ4n) is 1.91. The number of ether oxygens (including phenoxy) is 1. The number of benzene rings is 2. The Morgan fingerprint density at radius 2 is 1.85 bits per heavy atom. The summed E-state index contributed by atoms with van der Waals surface area (Å²) in [4.78, 5) is 0. The Bertz CT molecular complexity index is 601. The van der Waals surface area contributed by atoms with E-state index < -0.39 is 11.6 Å². The van der Waals surface area contributed by atoms with Gasteiger partial charge in [0.1, 0.15) is 24.0 Å². The van der Waals surface area contributed by atoms with Crippen LogP contribution in [0.4, 0.5) is 14.5 Å². The van der Waals surface area contributed by atoms with Crippen molar-refractivity contribution in [3.05, 3.63) is 57.1 Å². The first-order valence-electron chi connectivity index (χ1n) is 6.02. The van der Waals surface area contributed by atoms with Gasteiger partial charge in [-0.3, -0.25) is 0 Å². The van der Waals surface area contributed by atoms with Crippen LogP contribution in [0, 0.1) is 25.5 Å². The minimum absolute atomic E-state index is 0.111. The molecule has 0 aliphatic carbocycles. The van der Waals surface area contributed by atoms with E-state index >= 15 is 0 Å². The number of hydrogen-bond acceptors (Lipinski definition) is 2. The van der Waals surface area contributed by atoms with Gasteiger partial charge in [-0.1, -0.05) is 6.07 Å². The van der Waals surface area contributed by atoms with E-state index in [0.29, 0.717) is 11.4 Å². The summed E-state index contributed by atoms with van der Waals surface area (Å²) in [7, 11) is 0. The summed E-state index contributed by atoms with van der Waals surface area (Å²) >= 11 is 3.03. The van der Waals surface area contributed by atoms with Gasteiger partial charge in [0.2, 0.25) is 0 Å². The Hall–Kier alpha value is -1.62. The normalized spacial score (nSPS) is 10.7. The van der Waals surface area contributed by atoms with Gasteiger partial charge in [-0.05, 0) is 53.5 Å². The predicted molar refractivity (Wildman–Crippen MR) is 78.7 cm³/mol. The maximum Gasteiger partial charge on any atom is 0.146 e. The minimum Gasteiger partial charge on any atom is -0.488 e. The van der Waals surface area contributed by atoms with Crippen LogP contribution < -0.4 is 10.5 Å². The van der Waals surface area contributed by atoms with E-state index in [2.05, 4.69) is 15.9 Å². The molecule has 106 valence electrons. The van der Waals surface area contributed by atoms with Crippen molar-refractivity contribution in [2.45, 2.75) is 20.5 Å². The maximum atomic E-state index is 13.9. The van der Waals surface area contributed by atoms with Crippen molar-refractivity contribution in [2.75, 3.05) is 5.73 Å². The molecule has 0 amide bonds. The molecule has 0 saturated heterocycles. The highest BCUT2D eigenvalue weighted by atomic mass is 79.9. The topological polar surface area (TPSA) is 35.2 Å². The fraction of sp³-hybridized carbons (Fsp3) is 0.200. The molecule has 0 aromatic heterocycles. The van der Waals surface area contributed by atoms with E-state index in [1.165, 1.54) is 12.1 Å². The Kier molecular flexibility index (Phi) is 4.28. The van der Waals surface area contributed by atoms with Crippen molar-refractivity contribution in [2.24, 2.45) is 0 Å². The minimum atomic E-state index is -0.649. The molecule has 0 aliphatic heterocycles. The molecule has 2 aromatic carbocycles. The standard InChI is InChI=1S/C15H14BrF2NO/c1-8-3-6-13(19)9(2)15(8)20-7-10-12(17)5-4-11(16)14(10)18/h3-6H,7,19H2,1-2H3. The number of nitrogens with two attached hydrogens (primary N) is 1. The first-order valence-corrected chi connectivity index (χ1v) is 6.82. The Morgan fingerprint density at radius 1 is 1.15 bits per heavy atom. The Labute approximate surface area is 124 Å². The van der Waals surface area contributed by atoms with Gasteiger partial charge in [-0.25, -0.2) is 8.78 Å². The molecule has 2 nitrogen and oxygen atoms in total. The van der Waals surface area contributed by atoms with E-state index in [9.17, 15) is 8.78 Å². The lowest BCUT2D eigenvalue weighted by molar-refractivity contribution is 0.288. The van der Waals surface area contributed by atoms with Crippen molar-refractivity contribution >= 4 is 21.6 Å². The molecule has 0 aliphatic rings. The largest absolute Gasteiger partial charge is 0.488 e. The highest BCUT2D eigenvalue weighted by Gasteiger charge is 2.14. The molecule has 2 N–H and O–H groups in total. The molecule has 0 saturated carbocycles. The van der Waals surface area contributed by atoms with Gasteiger partial charge in [-0.15, -0.1) is 0 Å². The summed E-state index contributed by atoms with van der Waals surface area (Å²) in [6, 6.07) is 6.11. The zero-order valence-electron chi connectivity index (χ0n) is 11.1. The second-order valence-corrected chi connectivity index (χ2v) is 5.39. The monoisotopic (exact) mass is 341 g/mol. The summed E-state index contributed by atoms with van der Waals surface area (Å²) in [5.41, 5.74) is 7.91. The van der Waals surface area contributed by atoms with Gasteiger partial charge >= 0.3 is 0 Å². The molecule has 0 fully saturated rings. The van der Waals surface area contributed by atoms with E-state index in [-0.39, 0.29) is 16.6 Å². The number of hydrogen-bond donors (Lipinski definition) is 1. The van der Waals surface area contributed by atoms with Crippen molar-refractivity contribution in [3.63, 3.8) is 0 Å². The van der Waals surface area contributed by atoms with Crippen LogP contribution in [0.15, 0.2) is 28.7 Å². The third-order valence-electron chi connectivity index (χ3n) is 3.14. The molecule has 2 aromatic rings. The molecule has 2 rings (SSSR count). The van der Waals surface area contributed by atoms with E-state index in [0.717, 1.165) is 11.1 Å². The van der Waals surface area contributed by atoms with Crippen molar-refractivity contribution in [1.29, 1.82) is 0 Å². The molecular weight excluding hydrogens is 328 g/mol. The molecule has 0 radical (unpaired) electrons. The van der Waals surface area contributed by atoms with Gasteiger partial charge in [0.25, 0.3) is 0 Å². The van der Waals surface area contributed by atoms with E-state index in [1.807, 2.05) is 19.9 Å². The van der Waals surface area contributed by atoms with Crippen LogP contribution in [0.3, 0.4) is 0 Å². The Balaban J connectivity index is 2.31. The number of rotatable bonds is 3. The first-order chi connectivity index (χ1) is 9.41. The van der Waals surface area contributed by atoms with Crippen LogP contribution in [-0.2, 0) is 6.61 Å². The molecule has 0 heterocycles. The summed E-state index contributed by atoms with van der Waals surface area (Å²) in [5.74, 6) is -0.724. The van der Waals surface area contributed by atoms with Gasteiger partial charge < -0.3 is 10.5 Å². The lowest BCUT2D eigenvalue weighted by Gasteiger charge is -2.14. The molecule has 0 spiro atoms. The van der Waals surface area contributed by atoms with Crippen LogP contribution in [0.2, 0.25) is 0 Å². The predicted octanol–water partition coefficient (Wildman–Crippen LogP) is 4.51. The summed E-state index contributed by atoms with van der Waals surface area (Å²) in [6.45, 7) is 3.48. The molecule has 20 heavy (non-hydrogen) atoms. The number of aryl methyl sites for hydroxylation is 1. The third kappa shape index (κ3) is 2.77. The molecule has 5 heteroatoms. The smallest absolute Gasteiger partial charge is 0.146 e. The van der Waals surface area contributed by atoms with Crippen molar-refractivity contribution in [1.82, 2.24) is 0 Å². The fourth-order valence-corrected chi connectivity index (χ4v) is 2.28. The number of halogens is 3. The van der Waals surface area contributed by atoms with Crippen LogP contribution in [0.25, 0.3) is 0 Å². The van der Waals surface area contributed by atoms with Crippen molar-refractivity contribution < 1.29 is 13.5 Å². The van der Waals surface area contributed by atoms with E-state index in [4.69, 9.17) is 10.5 Å². The summed E-state index contributed by atoms with van der Waals surface area (Å²) in [6.07, 6.45) is 0. The molecule has 0 bridgehead atoms. The second-order valence-electron chi connectivity index (χ2n) is 4.54. The molecule has 0 atom stereocenters. The highest BCUT2D eigenvalue weighted by molar-refractivity contribution is 9.10. The second kappa shape index (κ2) is 5.79. The lowest BCUT2D eigenvalue weighted by atomic mass is 10.1. The third-order valence-corrected chi connectivity index (χ3v) is 3.76. The SMILES string of the molecule is Cc1ccc(N)c(C)c1OCc1c(F)ccc(Br)c1F. The van der Waals surface area contributed by atoms with Gasteiger partial charge in [0.05, 0.1) is 10.0 Å². The maximum absolute atomic E-state index is 13.9. The van der Waals surface area contributed by atoms with Crippen molar-refractivity contribution in [3.8, 4) is 5.75 Å². The average molecular weight is 342 g/mol. The van der Waals surface area contributed by atoms with E-state index in [1.54, 1.807) is 6.07 Å². The molecular formula is C15H14BrF2NO. The van der Waals surface area contributed by atoms with Crippen LogP contribution in [0.5, 0.6) is 5.75 Å². The zero-order valence-corrected chi connectivity index (χ0v) is 12.7. The number of anilines is 1. The average Bonchev–Trinajstić information content (AvgIpc) is 2.42. The summed E-state index contributed by atoms with van der Waals surface area (Å²) < 4.78 is 33.3. The number of nitrogen functional groups attached to an aromatic ring is 1.